The van der Waals surface area contributed by atoms with Crippen molar-refractivity contribution in [2.75, 3.05) is 18.4 Å². The van der Waals surface area contributed by atoms with Gasteiger partial charge in [-0.2, -0.15) is 0 Å². The highest BCUT2D eigenvalue weighted by Crippen LogP contribution is 2.16. The van der Waals surface area contributed by atoms with Crippen LogP contribution in [0.5, 0.6) is 0 Å². The highest BCUT2D eigenvalue weighted by atomic mass is 32.2. The summed E-state index contributed by atoms with van der Waals surface area (Å²) in [6.45, 7) is 2.02. The number of aryl methyl sites for hydroxylation is 1. The van der Waals surface area contributed by atoms with E-state index in [0.29, 0.717) is 5.56 Å². The molecule has 0 unspecified atom stereocenters. The predicted molar refractivity (Wildman–Crippen MR) is 141 cm³/mol. The van der Waals surface area contributed by atoms with E-state index in [1.165, 1.54) is 48.5 Å². The van der Waals surface area contributed by atoms with Crippen molar-refractivity contribution in [2.24, 2.45) is 0 Å². The number of anilines is 1. The summed E-state index contributed by atoms with van der Waals surface area (Å²) in [6, 6.07) is 13.6. The monoisotopic (exact) mass is 559 g/mol. The van der Waals surface area contributed by atoms with Crippen molar-refractivity contribution in [3.8, 4) is 0 Å². The molecule has 0 atom stereocenters. The summed E-state index contributed by atoms with van der Waals surface area (Å²) >= 11 is 0. The molecule has 5 N–H and O–H groups in total. The van der Waals surface area contributed by atoms with Crippen molar-refractivity contribution in [1.82, 2.24) is 20.7 Å². The Kier molecular flexibility index (Phi) is 9.92. The molecule has 3 rings (SSSR count). The van der Waals surface area contributed by atoms with E-state index in [-0.39, 0.29) is 42.2 Å². The zero-order valence-electron chi connectivity index (χ0n) is 20.9. The number of urea groups is 2. The maximum Gasteiger partial charge on any atom is 0.328 e. The predicted octanol–water partition coefficient (Wildman–Crippen LogP) is 3.40. The van der Waals surface area contributed by atoms with Crippen LogP contribution < -0.4 is 26.0 Å². The maximum absolute atomic E-state index is 14.4. The van der Waals surface area contributed by atoms with Gasteiger partial charge in [0.2, 0.25) is 0 Å². The molecule has 0 aliphatic heterocycles. The molecular weight excluding hydrogens is 532 g/mol. The van der Waals surface area contributed by atoms with E-state index >= 15 is 0 Å². The van der Waals surface area contributed by atoms with Gasteiger partial charge >= 0.3 is 12.1 Å². The van der Waals surface area contributed by atoms with Crippen molar-refractivity contribution in [3.63, 3.8) is 0 Å². The van der Waals surface area contributed by atoms with Crippen molar-refractivity contribution >= 4 is 33.7 Å². The van der Waals surface area contributed by atoms with Crippen LogP contribution in [0.25, 0.3) is 0 Å². The normalized spacial score (nSPS) is 10.8. The largest absolute Gasteiger partial charge is 0.352 e. The highest BCUT2D eigenvalue weighted by Gasteiger charge is 2.17. The van der Waals surface area contributed by atoms with E-state index in [4.69, 9.17) is 0 Å². The molecule has 3 aromatic rings. The zero-order valence-corrected chi connectivity index (χ0v) is 21.7. The van der Waals surface area contributed by atoms with Gasteiger partial charge in [-0.3, -0.25) is 4.79 Å². The van der Waals surface area contributed by atoms with Crippen LogP contribution in [-0.2, 0) is 16.6 Å². The van der Waals surface area contributed by atoms with Crippen LogP contribution in [0.1, 0.15) is 27.9 Å². The topological polar surface area (TPSA) is 146 Å². The van der Waals surface area contributed by atoms with Crippen molar-refractivity contribution in [1.29, 1.82) is 0 Å². The number of rotatable bonds is 10. The van der Waals surface area contributed by atoms with Crippen LogP contribution in [-0.4, -0.2) is 39.5 Å². The molecule has 13 heteroatoms. The van der Waals surface area contributed by atoms with Gasteiger partial charge in [0, 0.05) is 25.2 Å². The highest BCUT2D eigenvalue weighted by molar-refractivity contribution is 7.90. The molecule has 0 radical (unpaired) electrons. The Balaban J connectivity index is 1.38. The Morgan fingerprint density at radius 1 is 0.821 bits per heavy atom. The molecule has 0 saturated heterocycles. The number of carbonyl (C=O) groups excluding carboxylic acids is 3. The smallest absolute Gasteiger partial charge is 0.328 e. The third-order valence-corrected chi connectivity index (χ3v) is 6.63. The Bertz CT molecular complexity index is 1450. The SMILES string of the molecule is Cc1cccc(S(=O)(=O)NC(=O)NCCCNC(=O)c2ccc(NC(=O)NCc3ccc(F)cc3)c(F)c2)c1. The molecular formula is C26H27F2N5O5S. The fourth-order valence-corrected chi connectivity index (χ4v) is 4.34. The van der Waals surface area contributed by atoms with Gasteiger partial charge in [0.1, 0.15) is 11.6 Å². The summed E-state index contributed by atoms with van der Waals surface area (Å²) in [5.74, 6) is -1.80. The number of carbonyl (C=O) groups is 3. The first-order chi connectivity index (χ1) is 18.5. The fraction of sp³-hybridized carbons (Fsp3) is 0.192. The van der Waals surface area contributed by atoms with Gasteiger partial charge in [0.15, 0.2) is 0 Å². The molecule has 0 heterocycles. The fourth-order valence-electron chi connectivity index (χ4n) is 3.30. The van der Waals surface area contributed by atoms with Crippen LogP contribution in [0.2, 0.25) is 0 Å². The molecule has 0 aliphatic rings. The van der Waals surface area contributed by atoms with E-state index in [9.17, 15) is 31.6 Å². The first kappa shape index (κ1) is 29.0. The van der Waals surface area contributed by atoms with Crippen molar-refractivity contribution in [3.05, 3.63) is 95.1 Å². The van der Waals surface area contributed by atoms with E-state index < -0.39 is 39.6 Å². The molecule has 3 aromatic carbocycles. The Morgan fingerprint density at radius 2 is 1.54 bits per heavy atom. The summed E-state index contributed by atoms with van der Waals surface area (Å²) in [5, 5.41) is 9.81. The van der Waals surface area contributed by atoms with Crippen LogP contribution in [0.4, 0.5) is 24.1 Å². The average molecular weight is 560 g/mol. The van der Waals surface area contributed by atoms with Crippen LogP contribution in [0, 0.1) is 18.6 Å². The lowest BCUT2D eigenvalue weighted by molar-refractivity contribution is 0.0953. The summed E-state index contributed by atoms with van der Waals surface area (Å²) in [6.07, 6.45) is 0.278. The Labute approximate surface area is 224 Å². The summed E-state index contributed by atoms with van der Waals surface area (Å²) in [7, 11) is -4.02. The first-order valence-corrected chi connectivity index (χ1v) is 13.3. The second kappa shape index (κ2) is 13.3. The van der Waals surface area contributed by atoms with Gasteiger partial charge in [0.25, 0.3) is 15.9 Å². The maximum atomic E-state index is 14.4. The number of benzene rings is 3. The minimum absolute atomic E-state index is 0.0136. The van der Waals surface area contributed by atoms with Crippen molar-refractivity contribution < 1.29 is 31.6 Å². The number of amides is 5. The summed E-state index contributed by atoms with van der Waals surface area (Å²) in [5.41, 5.74) is 1.25. The van der Waals surface area contributed by atoms with Crippen LogP contribution in [0.15, 0.2) is 71.6 Å². The molecule has 0 bridgehead atoms. The lowest BCUT2D eigenvalue weighted by Gasteiger charge is -2.11. The van der Waals surface area contributed by atoms with Gasteiger partial charge in [-0.15, -0.1) is 0 Å². The molecule has 0 saturated carbocycles. The molecule has 0 aliphatic carbocycles. The van der Waals surface area contributed by atoms with Crippen LogP contribution in [0.3, 0.4) is 0 Å². The minimum Gasteiger partial charge on any atom is -0.352 e. The number of sulfonamides is 1. The second-order valence-electron chi connectivity index (χ2n) is 8.42. The quantitative estimate of drug-likeness (QED) is 0.242. The zero-order chi connectivity index (χ0) is 28.4. The summed E-state index contributed by atoms with van der Waals surface area (Å²) < 4.78 is 53.8. The van der Waals surface area contributed by atoms with Gasteiger partial charge in [-0.05, 0) is 66.9 Å². The third kappa shape index (κ3) is 9.07. The van der Waals surface area contributed by atoms with Gasteiger partial charge < -0.3 is 21.3 Å². The van der Waals surface area contributed by atoms with E-state index in [2.05, 4.69) is 21.3 Å². The molecule has 0 spiro atoms. The minimum atomic E-state index is -4.02. The molecule has 10 nitrogen and oxygen atoms in total. The number of hydrogen-bond donors (Lipinski definition) is 5. The molecule has 0 aromatic heterocycles. The van der Waals surface area contributed by atoms with Gasteiger partial charge in [-0.25, -0.2) is 31.5 Å². The van der Waals surface area contributed by atoms with E-state index in [1.54, 1.807) is 19.1 Å². The average Bonchev–Trinajstić information content (AvgIpc) is 2.89. The van der Waals surface area contributed by atoms with E-state index in [0.717, 1.165) is 11.6 Å². The van der Waals surface area contributed by atoms with E-state index in [1.807, 2.05) is 4.72 Å². The second-order valence-corrected chi connectivity index (χ2v) is 10.1. The van der Waals surface area contributed by atoms with Crippen molar-refractivity contribution in [2.45, 2.75) is 24.8 Å². The summed E-state index contributed by atoms with van der Waals surface area (Å²) in [4.78, 5) is 36.2. The molecule has 206 valence electrons. The Morgan fingerprint density at radius 3 is 2.23 bits per heavy atom. The lowest BCUT2D eigenvalue weighted by atomic mass is 10.2. The van der Waals surface area contributed by atoms with Crippen LogP contribution >= 0.6 is 0 Å². The molecule has 5 amide bonds. The number of nitrogens with one attached hydrogen (secondary N) is 5. The standard InChI is InChI=1S/C26H27F2N5O5S/c1-17-4-2-5-21(14-17)39(37,38)33-26(36)30-13-3-12-29-24(34)19-8-11-23(22(28)15-19)32-25(35)31-16-18-6-9-20(27)10-7-18/h2,4-11,14-15H,3,12-13,16H2,1H3,(H,29,34)(H2,30,33,36)(H2,31,32,35). The number of halogens is 2. The number of hydrogen-bond acceptors (Lipinski definition) is 5. The van der Waals surface area contributed by atoms with Gasteiger partial charge in [0.05, 0.1) is 10.6 Å². The first-order valence-electron chi connectivity index (χ1n) is 11.8. The third-order valence-electron chi connectivity index (χ3n) is 5.30. The Hall–Kier alpha value is -4.52. The molecule has 39 heavy (non-hydrogen) atoms. The van der Waals surface area contributed by atoms with Gasteiger partial charge in [-0.1, -0.05) is 24.3 Å². The lowest BCUT2D eigenvalue weighted by Crippen LogP contribution is -2.40. The molecule has 0 fully saturated rings.